The molecule has 0 saturated heterocycles. The molecule has 118 valence electrons. The van der Waals surface area contributed by atoms with Gasteiger partial charge in [0.25, 0.3) is 0 Å². The van der Waals surface area contributed by atoms with Gasteiger partial charge in [0.2, 0.25) is 5.91 Å². The number of aryl methyl sites for hydroxylation is 2. The van der Waals surface area contributed by atoms with Gasteiger partial charge in [0.05, 0.1) is 0 Å². The minimum atomic E-state index is -4.54. The number of halogens is 3. The predicted molar refractivity (Wildman–Crippen MR) is 74.3 cm³/mol. The lowest BCUT2D eigenvalue weighted by Gasteiger charge is -2.14. The number of hydrogen-bond donors (Lipinski definition) is 1. The van der Waals surface area contributed by atoms with Crippen LogP contribution in [0.3, 0.4) is 0 Å². The largest absolute Gasteiger partial charge is 0.435 e. The minimum absolute atomic E-state index is 0.257. The molecule has 0 radical (unpaired) electrons. The van der Waals surface area contributed by atoms with Crippen LogP contribution < -0.4 is 5.32 Å². The summed E-state index contributed by atoms with van der Waals surface area (Å²) >= 11 is 0. The molecule has 8 heteroatoms. The minimum Gasteiger partial charge on any atom is -0.309 e. The third-order valence-corrected chi connectivity index (χ3v) is 3.13. The summed E-state index contributed by atoms with van der Waals surface area (Å²) in [4.78, 5) is 16.1. The second kappa shape index (κ2) is 5.78. The molecular weight excluding hydrogens is 297 g/mol. The molecule has 2 heterocycles. The molecule has 5 nitrogen and oxygen atoms in total. The Balaban J connectivity index is 2.19. The van der Waals surface area contributed by atoms with Crippen molar-refractivity contribution in [3.05, 3.63) is 41.3 Å². The number of carbonyl (C=O) groups is 1. The van der Waals surface area contributed by atoms with Crippen LogP contribution in [0.15, 0.2) is 24.4 Å². The molecule has 1 N–H and O–H groups in total. The van der Waals surface area contributed by atoms with Gasteiger partial charge in [-0.15, -0.1) is 0 Å². The van der Waals surface area contributed by atoms with E-state index in [-0.39, 0.29) is 5.69 Å². The first-order valence-corrected chi connectivity index (χ1v) is 6.55. The fourth-order valence-electron chi connectivity index (χ4n) is 1.96. The normalized spacial score (nSPS) is 13.0. The summed E-state index contributed by atoms with van der Waals surface area (Å²) < 4.78 is 39.0. The van der Waals surface area contributed by atoms with E-state index in [4.69, 9.17) is 0 Å². The zero-order valence-corrected chi connectivity index (χ0v) is 12.3. The molecule has 0 spiro atoms. The molecular formula is C14H15F3N4O. The standard InChI is InChI=1S/C14H15F3N4O/c1-8-4-5-18-12(6-8)19-13(22)10(3)21-9(2)7-11(20-21)14(15,16)17/h4-7,10H,1-3H3,(H,18,19,22). The zero-order chi connectivity index (χ0) is 16.5. The average molecular weight is 312 g/mol. The van der Waals surface area contributed by atoms with Crippen molar-refractivity contribution < 1.29 is 18.0 Å². The van der Waals surface area contributed by atoms with Gasteiger partial charge < -0.3 is 5.32 Å². The van der Waals surface area contributed by atoms with Gasteiger partial charge in [-0.1, -0.05) is 0 Å². The zero-order valence-electron chi connectivity index (χ0n) is 12.3. The lowest BCUT2D eigenvalue weighted by atomic mass is 10.2. The van der Waals surface area contributed by atoms with Crippen LogP contribution in [-0.4, -0.2) is 20.7 Å². The van der Waals surface area contributed by atoms with E-state index >= 15 is 0 Å². The van der Waals surface area contributed by atoms with Crippen molar-refractivity contribution in [3.8, 4) is 0 Å². The number of rotatable bonds is 3. The van der Waals surface area contributed by atoms with E-state index in [2.05, 4.69) is 15.4 Å². The average Bonchev–Trinajstić information content (AvgIpc) is 2.80. The lowest BCUT2D eigenvalue weighted by Crippen LogP contribution is -2.26. The van der Waals surface area contributed by atoms with E-state index in [1.54, 1.807) is 12.1 Å². The highest BCUT2D eigenvalue weighted by molar-refractivity contribution is 5.92. The van der Waals surface area contributed by atoms with E-state index in [0.29, 0.717) is 5.82 Å². The molecule has 1 atom stereocenters. The number of aromatic nitrogens is 3. The fraction of sp³-hybridized carbons (Fsp3) is 0.357. The molecule has 0 aliphatic heterocycles. The molecule has 1 unspecified atom stereocenters. The highest BCUT2D eigenvalue weighted by Gasteiger charge is 2.35. The van der Waals surface area contributed by atoms with E-state index in [1.807, 2.05) is 6.92 Å². The predicted octanol–water partition coefficient (Wildman–Crippen LogP) is 3.11. The Morgan fingerprint density at radius 1 is 1.32 bits per heavy atom. The van der Waals surface area contributed by atoms with Gasteiger partial charge in [0, 0.05) is 11.9 Å². The molecule has 0 bridgehead atoms. The Morgan fingerprint density at radius 3 is 2.55 bits per heavy atom. The third kappa shape index (κ3) is 3.44. The van der Waals surface area contributed by atoms with Gasteiger partial charge >= 0.3 is 6.18 Å². The van der Waals surface area contributed by atoms with Crippen LogP contribution in [0, 0.1) is 13.8 Å². The van der Waals surface area contributed by atoms with E-state index in [1.165, 1.54) is 20.0 Å². The monoisotopic (exact) mass is 312 g/mol. The number of nitrogens with zero attached hydrogens (tertiary/aromatic N) is 3. The van der Waals surface area contributed by atoms with Crippen LogP contribution in [-0.2, 0) is 11.0 Å². The van der Waals surface area contributed by atoms with Crippen LogP contribution in [0.1, 0.15) is 29.9 Å². The highest BCUT2D eigenvalue weighted by Crippen LogP contribution is 2.29. The second-order valence-electron chi connectivity index (χ2n) is 5.00. The molecule has 2 aromatic rings. The maximum atomic E-state index is 12.7. The molecule has 0 aromatic carbocycles. The Kier molecular flexibility index (Phi) is 4.20. The SMILES string of the molecule is Cc1ccnc(NC(=O)C(C)n2nc(C(F)(F)F)cc2C)c1. The van der Waals surface area contributed by atoms with Crippen LogP contribution >= 0.6 is 0 Å². The Labute approximate surface area is 125 Å². The van der Waals surface area contributed by atoms with Gasteiger partial charge in [-0.3, -0.25) is 9.48 Å². The van der Waals surface area contributed by atoms with Gasteiger partial charge in [0.1, 0.15) is 11.9 Å². The number of amides is 1. The number of hydrogen-bond acceptors (Lipinski definition) is 3. The summed E-state index contributed by atoms with van der Waals surface area (Å²) in [6.07, 6.45) is -3.00. The summed E-state index contributed by atoms with van der Waals surface area (Å²) in [7, 11) is 0. The molecule has 22 heavy (non-hydrogen) atoms. The van der Waals surface area contributed by atoms with Crippen molar-refractivity contribution in [3.63, 3.8) is 0 Å². The number of anilines is 1. The maximum Gasteiger partial charge on any atom is 0.435 e. The van der Waals surface area contributed by atoms with Gasteiger partial charge in [-0.25, -0.2) is 4.98 Å². The number of alkyl halides is 3. The number of carbonyl (C=O) groups excluding carboxylic acids is 1. The number of pyridine rings is 1. The molecule has 2 rings (SSSR count). The fourth-order valence-corrected chi connectivity index (χ4v) is 1.96. The van der Waals surface area contributed by atoms with Gasteiger partial charge in [-0.2, -0.15) is 18.3 Å². The van der Waals surface area contributed by atoms with E-state index < -0.39 is 23.8 Å². The molecule has 1 amide bonds. The van der Waals surface area contributed by atoms with Crippen LogP contribution in [0.2, 0.25) is 0 Å². The van der Waals surface area contributed by atoms with Crippen molar-refractivity contribution in [2.75, 3.05) is 5.32 Å². The molecule has 0 saturated carbocycles. The second-order valence-corrected chi connectivity index (χ2v) is 5.00. The topological polar surface area (TPSA) is 59.8 Å². The third-order valence-electron chi connectivity index (χ3n) is 3.13. The Hall–Kier alpha value is -2.38. The van der Waals surface area contributed by atoms with Crippen molar-refractivity contribution in [2.45, 2.75) is 33.0 Å². The Morgan fingerprint density at radius 2 is 2.00 bits per heavy atom. The first-order chi connectivity index (χ1) is 10.2. The number of nitrogens with one attached hydrogen (secondary N) is 1. The summed E-state index contributed by atoms with van der Waals surface area (Å²) in [6, 6.07) is 3.46. The lowest BCUT2D eigenvalue weighted by molar-refractivity contribution is -0.141. The van der Waals surface area contributed by atoms with E-state index in [9.17, 15) is 18.0 Å². The summed E-state index contributed by atoms with van der Waals surface area (Å²) in [6.45, 7) is 4.79. The first-order valence-electron chi connectivity index (χ1n) is 6.55. The van der Waals surface area contributed by atoms with Crippen molar-refractivity contribution >= 4 is 11.7 Å². The quantitative estimate of drug-likeness (QED) is 0.947. The van der Waals surface area contributed by atoms with Crippen molar-refractivity contribution in [1.29, 1.82) is 0 Å². The highest BCUT2D eigenvalue weighted by atomic mass is 19.4. The maximum absolute atomic E-state index is 12.7. The van der Waals surface area contributed by atoms with Crippen LogP contribution in [0.4, 0.5) is 19.0 Å². The van der Waals surface area contributed by atoms with Gasteiger partial charge in [-0.05, 0) is 44.5 Å². The van der Waals surface area contributed by atoms with Crippen molar-refractivity contribution in [1.82, 2.24) is 14.8 Å². The van der Waals surface area contributed by atoms with Crippen LogP contribution in [0.5, 0.6) is 0 Å². The summed E-state index contributed by atoms with van der Waals surface area (Å²) in [5.41, 5.74) is 0.151. The Bertz CT molecular complexity index is 694. The molecule has 0 aliphatic rings. The summed E-state index contributed by atoms with van der Waals surface area (Å²) in [5.74, 6) is -0.143. The smallest absolute Gasteiger partial charge is 0.309 e. The van der Waals surface area contributed by atoms with E-state index in [0.717, 1.165) is 16.3 Å². The van der Waals surface area contributed by atoms with Gasteiger partial charge in [0.15, 0.2) is 5.69 Å². The first kappa shape index (κ1) is 16.0. The summed E-state index contributed by atoms with van der Waals surface area (Å²) in [5, 5.41) is 6.04. The van der Waals surface area contributed by atoms with Crippen molar-refractivity contribution in [2.24, 2.45) is 0 Å². The molecule has 0 fully saturated rings. The van der Waals surface area contributed by atoms with Crippen LogP contribution in [0.25, 0.3) is 0 Å². The molecule has 0 aliphatic carbocycles. The molecule has 2 aromatic heterocycles.